The highest BCUT2D eigenvalue weighted by Crippen LogP contribution is 2.22. The zero-order chi connectivity index (χ0) is 20.1. The summed E-state index contributed by atoms with van der Waals surface area (Å²) in [6.45, 7) is 5.74. The smallest absolute Gasteiger partial charge is 0.320 e. The van der Waals surface area contributed by atoms with Crippen LogP contribution in [0.2, 0.25) is 0 Å². The van der Waals surface area contributed by atoms with Crippen LogP contribution in [0.5, 0.6) is 0 Å². The minimum Gasteiger partial charge on any atom is -0.340 e. The van der Waals surface area contributed by atoms with Gasteiger partial charge >= 0.3 is 6.03 Å². The van der Waals surface area contributed by atoms with Crippen molar-refractivity contribution >= 4 is 46.2 Å². The van der Waals surface area contributed by atoms with E-state index in [2.05, 4.69) is 44.1 Å². The number of carbonyl (C=O) groups is 2. The molecular formula is C20H29BrN4O2S. The topological polar surface area (TPSA) is 64.7 Å². The van der Waals surface area contributed by atoms with E-state index in [0.29, 0.717) is 11.7 Å². The van der Waals surface area contributed by atoms with Crippen molar-refractivity contribution in [1.82, 2.24) is 15.1 Å². The van der Waals surface area contributed by atoms with Gasteiger partial charge in [0.2, 0.25) is 0 Å². The molecule has 0 spiro atoms. The Morgan fingerprint density at radius 1 is 1.14 bits per heavy atom. The van der Waals surface area contributed by atoms with Crippen LogP contribution in [0.15, 0.2) is 22.7 Å². The molecule has 2 aliphatic rings. The molecule has 2 N–H and O–H groups in total. The molecule has 0 saturated carbocycles. The van der Waals surface area contributed by atoms with Gasteiger partial charge in [0.15, 0.2) is 5.37 Å². The molecular weight excluding hydrogens is 440 g/mol. The van der Waals surface area contributed by atoms with Crippen molar-refractivity contribution in [2.45, 2.75) is 50.4 Å². The molecule has 2 saturated heterocycles. The number of piperidine rings is 2. The Kier molecular flexibility index (Phi) is 7.65. The van der Waals surface area contributed by atoms with Crippen LogP contribution in [0.4, 0.5) is 10.5 Å². The van der Waals surface area contributed by atoms with Crippen molar-refractivity contribution < 1.29 is 9.59 Å². The van der Waals surface area contributed by atoms with Crippen LogP contribution in [-0.2, 0) is 4.79 Å². The predicted molar refractivity (Wildman–Crippen MR) is 119 cm³/mol. The van der Waals surface area contributed by atoms with E-state index in [0.717, 1.165) is 36.0 Å². The molecule has 28 heavy (non-hydrogen) atoms. The van der Waals surface area contributed by atoms with Gasteiger partial charge in [0.05, 0.1) is 0 Å². The number of hydrogen-bond donors (Lipinski definition) is 3. The minimum atomic E-state index is -0.845. The summed E-state index contributed by atoms with van der Waals surface area (Å²) >= 11 is 7.73. The number of thiol groups is 1. The molecule has 6 nitrogen and oxygen atoms in total. The van der Waals surface area contributed by atoms with Crippen LogP contribution < -0.4 is 10.6 Å². The van der Waals surface area contributed by atoms with E-state index in [4.69, 9.17) is 0 Å². The first-order chi connectivity index (χ1) is 13.4. The number of nitrogens with zero attached hydrogens (tertiary/aromatic N) is 2. The van der Waals surface area contributed by atoms with E-state index in [1.165, 1.54) is 32.4 Å². The van der Waals surface area contributed by atoms with Crippen LogP contribution in [0.1, 0.15) is 37.7 Å². The number of likely N-dealkylation sites (tertiary alicyclic amines) is 2. The Morgan fingerprint density at radius 2 is 1.82 bits per heavy atom. The lowest BCUT2D eigenvalue weighted by molar-refractivity contribution is -0.132. The molecule has 0 bridgehead atoms. The summed E-state index contributed by atoms with van der Waals surface area (Å²) < 4.78 is 0.950. The van der Waals surface area contributed by atoms with Gasteiger partial charge in [-0.1, -0.05) is 22.4 Å². The molecule has 0 radical (unpaired) electrons. The molecule has 1 atom stereocenters. The summed E-state index contributed by atoms with van der Waals surface area (Å²) in [5.41, 5.74) is 1.64. The second-order valence-electron chi connectivity index (χ2n) is 7.61. The Balaban J connectivity index is 1.45. The van der Waals surface area contributed by atoms with Crippen molar-refractivity contribution in [3.63, 3.8) is 0 Å². The van der Waals surface area contributed by atoms with Gasteiger partial charge in [-0.25, -0.2) is 4.79 Å². The van der Waals surface area contributed by atoms with Crippen LogP contribution in [-0.4, -0.2) is 59.3 Å². The monoisotopic (exact) mass is 468 g/mol. The lowest BCUT2D eigenvalue weighted by Gasteiger charge is -2.40. The molecule has 2 fully saturated rings. The first-order valence-electron chi connectivity index (χ1n) is 9.98. The second kappa shape index (κ2) is 9.98. The van der Waals surface area contributed by atoms with Gasteiger partial charge < -0.3 is 20.4 Å². The van der Waals surface area contributed by atoms with Gasteiger partial charge in [-0.05, 0) is 69.5 Å². The maximum absolute atomic E-state index is 12.7. The van der Waals surface area contributed by atoms with Crippen LogP contribution in [0.25, 0.3) is 0 Å². The third-order valence-electron chi connectivity index (χ3n) is 5.62. The number of benzene rings is 1. The van der Waals surface area contributed by atoms with E-state index in [1.54, 1.807) is 0 Å². The molecule has 3 rings (SSSR count). The van der Waals surface area contributed by atoms with Gasteiger partial charge in [0, 0.05) is 29.3 Å². The van der Waals surface area contributed by atoms with Gasteiger partial charge in [-0.3, -0.25) is 4.79 Å². The Morgan fingerprint density at radius 3 is 2.46 bits per heavy atom. The lowest BCUT2D eigenvalue weighted by atomic mass is 10.00. The number of amides is 3. The first kappa shape index (κ1) is 21.5. The highest BCUT2D eigenvalue weighted by Gasteiger charge is 2.30. The molecule has 8 heteroatoms. The van der Waals surface area contributed by atoms with Crippen LogP contribution >= 0.6 is 28.6 Å². The maximum atomic E-state index is 12.7. The van der Waals surface area contributed by atoms with E-state index < -0.39 is 11.4 Å². The number of halogens is 1. The number of anilines is 1. The van der Waals surface area contributed by atoms with Crippen LogP contribution in [0, 0.1) is 6.92 Å². The molecule has 2 heterocycles. The van der Waals surface area contributed by atoms with Crippen molar-refractivity contribution in [3.05, 3.63) is 28.2 Å². The fourth-order valence-corrected chi connectivity index (χ4v) is 4.78. The van der Waals surface area contributed by atoms with Gasteiger partial charge in [0.1, 0.15) is 0 Å². The summed E-state index contributed by atoms with van der Waals surface area (Å²) in [5.74, 6) is -0.136. The number of carbonyl (C=O) groups excluding carboxylic acids is 2. The lowest BCUT2D eigenvalue weighted by Crippen LogP contribution is -2.52. The minimum absolute atomic E-state index is 0.136. The fraction of sp³-hybridized carbons (Fsp3) is 0.600. The molecule has 1 aromatic rings. The van der Waals surface area contributed by atoms with E-state index in [9.17, 15) is 9.59 Å². The van der Waals surface area contributed by atoms with E-state index in [1.807, 2.05) is 30.0 Å². The standard InChI is InChI=1S/C20H29BrN4O2S/c1-14-13-15(21)5-6-17(14)22-20(27)23-18(28)19(26)25-11-7-16(8-12-25)24-9-3-2-4-10-24/h5-6,13,16,18,28H,2-4,7-12H2,1H3,(H2,22,23,27)/t18-/m0/s1. The third kappa shape index (κ3) is 5.64. The molecule has 2 aliphatic heterocycles. The van der Waals surface area contributed by atoms with Crippen molar-refractivity contribution in [2.24, 2.45) is 0 Å². The predicted octanol–water partition coefficient (Wildman–Crippen LogP) is 3.61. The van der Waals surface area contributed by atoms with E-state index in [-0.39, 0.29) is 5.91 Å². The average molecular weight is 469 g/mol. The third-order valence-corrected chi connectivity index (χ3v) is 6.46. The Bertz CT molecular complexity index is 703. The van der Waals surface area contributed by atoms with Crippen LogP contribution in [0.3, 0.4) is 0 Å². The fourth-order valence-electron chi connectivity index (χ4n) is 4.02. The highest BCUT2D eigenvalue weighted by molar-refractivity contribution is 9.10. The van der Waals surface area contributed by atoms with Crippen molar-refractivity contribution in [1.29, 1.82) is 0 Å². The summed E-state index contributed by atoms with van der Waals surface area (Å²) in [7, 11) is 0. The molecule has 1 aromatic carbocycles. The highest BCUT2D eigenvalue weighted by atomic mass is 79.9. The summed E-state index contributed by atoms with van der Waals surface area (Å²) in [6, 6.07) is 5.75. The van der Waals surface area contributed by atoms with Gasteiger partial charge in [-0.15, -0.1) is 12.6 Å². The SMILES string of the molecule is Cc1cc(Br)ccc1NC(=O)N[C@@H](S)C(=O)N1CCC(N2CCCCC2)CC1. The quantitative estimate of drug-likeness (QED) is 0.467. The molecule has 0 aliphatic carbocycles. The summed E-state index contributed by atoms with van der Waals surface area (Å²) in [5, 5.41) is 4.58. The Hall–Kier alpha value is -1.25. The largest absolute Gasteiger partial charge is 0.340 e. The molecule has 0 aromatic heterocycles. The van der Waals surface area contributed by atoms with E-state index >= 15 is 0 Å². The Labute approximate surface area is 180 Å². The van der Waals surface area contributed by atoms with Crippen molar-refractivity contribution in [3.8, 4) is 0 Å². The number of hydrogen-bond acceptors (Lipinski definition) is 4. The van der Waals surface area contributed by atoms with Gasteiger partial charge in [-0.2, -0.15) is 0 Å². The molecule has 3 amide bonds. The molecule has 154 valence electrons. The van der Waals surface area contributed by atoms with Crippen molar-refractivity contribution in [2.75, 3.05) is 31.5 Å². The summed E-state index contributed by atoms with van der Waals surface area (Å²) in [4.78, 5) is 29.3. The second-order valence-corrected chi connectivity index (χ2v) is 9.05. The zero-order valence-corrected chi connectivity index (χ0v) is 18.8. The normalized spacial score (nSPS) is 19.9. The summed E-state index contributed by atoms with van der Waals surface area (Å²) in [6.07, 6.45) is 5.90. The maximum Gasteiger partial charge on any atom is 0.320 e. The molecule has 0 unspecified atom stereocenters. The zero-order valence-electron chi connectivity index (χ0n) is 16.3. The number of nitrogens with one attached hydrogen (secondary N) is 2. The average Bonchev–Trinajstić information content (AvgIpc) is 2.70. The number of urea groups is 1. The number of rotatable bonds is 4. The van der Waals surface area contributed by atoms with Gasteiger partial charge in [0.25, 0.3) is 5.91 Å². The number of aryl methyl sites for hydroxylation is 1. The first-order valence-corrected chi connectivity index (χ1v) is 11.3.